The largest absolute Gasteiger partial charge is 0.494 e. The topological polar surface area (TPSA) is 124 Å². The molecule has 3 rings (SSSR count). The molecule has 2 heterocycles. The second-order valence-electron chi connectivity index (χ2n) is 7.22. The van der Waals surface area contributed by atoms with Crippen LogP contribution < -0.4 is 21.1 Å². The van der Waals surface area contributed by atoms with Gasteiger partial charge < -0.3 is 25.8 Å². The van der Waals surface area contributed by atoms with Gasteiger partial charge in [0, 0.05) is 37.8 Å². The lowest BCUT2D eigenvalue weighted by Crippen LogP contribution is -2.18. The number of nitrogens with two attached hydrogens (primary N) is 1. The summed E-state index contributed by atoms with van der Waals surface area (Å²) in [7, 11) is 2.89. The van der Waals surface area contributed by atoms with E-state index in [2.05, 4.69) is 25.0 Å². The minimum absolute atomic E-state index is 0.0308. The Labute approximate surface area is 196 Å². The first-order chi connectivity index (χ1) is 16.0. The van der Waals surface area contributed by atoms with Crippen molar-refractivity contribution in [1.29, 1.82) is 0 Å². The molecule has 1 fully saturated rings. The Morgan fingerprint density at radius 2 is 2.18 bits per heavy atom. The highest BCUT2D eigenvalue weighted by atomic mass is 32.2. The zero-order chi connectivity index (χ0) is 23.6. The number of carbonyl (C=O) groups is 1. The molecule has 9 nitrogen and oxygen atoms in total. The number of allylic oxidation sites excluding steroid dienone is 1. The Kier molecular flexibility index (Phi) is 9.02. The highest BCUT2D eigenvalue weighted by Gasteiger charge is 2.16. The Hall–Kier alpha value is -3.18. The van der Waals surface area contributed by atoms with Crippen molar-refractivity contribution >= 4 is 30.0 Å². The van der Waals surface area contributed by atoms with Crippen molar-refractivity contribution in [1.82, 2.24) is 15.3 Å². The molecule has 1 aromatic heterocycles. The van der Waals surface area contributed by atoms with Crippen LogP contribution in [0.5, 0.6) is 5.75 Å². The Bertz CT molecular complexity index is 1010. The van der Waals surface area contributed by atoms with E-state index in [4.69, 9.17) is 15.2 Å². The number of amides is 1. The summed E-state index contributed by atoms with van der Waals surface area (Å²) >= 11 is 1.46. The molecule has 0 saturated carbocycles. The van der Waals surface area contributed by atoms with Gasteiger partial charge >= 0.3 is 0 Å². The van der Waals surface area contributed by atoms with Crippen LogP contribution in [-0.4, -0.2) is 54.7 Å². The van der Waals surface area contributed by atoms with Gasteiger partial charge in [0.05, 0.1) is 30.9 Å². The van der Waals surface area contributed by atoms with Crippen molar-refractivity contribution in [2.24, 2.45) is 10.1 Å². The molecule has 0 bridgehead atoms. The summed E-state index contributed by atoms with van der Waals surface area (Å²) in [5, 5.41) is 5.90. The summed E-state index contributed by atoms with van der Waals surface area (Å²) in [5.41, 5.74) is 7.75. The number of methoxy groups -OCH3 is 1. The lowest BCUT2D eigenvalue weighted by atomic mass is 10.0. The summed E-state index contributed by atoms with van der Waals surface area (Å²) in [6, 6.07) is 2.91. The van der Waals surface area contributed by atoms with Crippen molar-refractivity contribution < 1.29 is 18.7 Å². The minimum Gasteiger partial charge on any atom is -0.494 e. The molecule has 1 aromatic carbocycles. The Balaban J connectivity index is 1.59. The van der Waals surface area contributed by atoms with Crippen LogP contribution in [0, 0.1) is 5.82 Å². The molecule has 11 heteroatoms. The molecule has 1 aliphatic rings. The normalized spacial score (nSPS) is 16.2. The number of carbonyl (C=O) groups excluding carboxylic acids is 1. The van der Waals surface area contributed by atoms with Crippen molar-refractivity contribution in [3.8, 4) is 5.75 Å². The number of anilines is 1. The first-order valence-electron chi connectivity index (χ1n) is 10.4. The van der Waals surface area contributed by atoms with Crippen molar-refractivity contribution in [3.63, 3.8) is 0 Å². The number of nitrogens with zero attached hydrogens (tertiary/aromatic N) is 3. The number of hydrogen-bond donors (Lipinski definition) is 3. The van der Waals surface area contributed by atoms with E-state index in [1.165, 1.54) is 44.4 Å². The van der Waals surface area contributed by atoms with Gasteiger partial charge in [0.15, 0.2) is 11.6 Å². The van der Waals surface area contributed by atoms with Crippen LogP contribution in [0.3, 0.4) is 0 Å². The monoisotopic (exact) mass is 474 g/mol. The van der Waals surface area contributed by atoms with E-state index in [1.807, 2.05) is 0 Å². The highest BCUT2D eigenvalue weighted by Crippen LogP contribution is 2.24. The predicted molar refractivity (Wildman–Crippen MR) is 127 cm³/mol. The number of nitrogens with one attached hydrogen (secondary N) is 2. The third-order valence-corrected chi connectivity index (χ3v) is 5.83. The fourth-order valence-corrected chi connectivity index (χ4v) is 3.81. The molecule has 33 heavy (non-hydrogen) atoms. The molecule has 0 spiro atoms. The second kappa shape index (κ2) is 12.2. The Morgan fingerprint density at radius 1 is 1.39 bits per heavy atom. The van der Waals surface area contributed by atoms with Crippen LogP contribution in [0.25, 0.3) is 0 Å². The number of halogens is 1. The number of benzene rings is 1. The van der Waals surface area contributed by atoms with Gasteiger partial charge in [0.1, 0.15) is 0 Å². The summed E-state index contributed by atoms with van der Waals surface area (Å²) < 4.78 is 29.3. The van der Waals surface area contributed by atoms with Gasteiger partial charge in [-0.3, -0.25) is 4.79 Å². The predicted octanol–water partition coefficient (Wildman–Crippen LogP) is 2.49. The van der Waals surface area contributed by atoms with Crippen LogP contribution in [0.1, 0.15) is 27.9 Å². The fraction of sp³-hybridized carbons (Fsp3) is 0.364. The minimum atomic E-state index is -0.483. The van der Waals surface area contributed by atoms with Crippen LogP contribution in [0.4, 0.5) is 10.3 Å². The maximum Gasteiger partial charge on any atom is 0.251 e. The maximum absolute atomic E-state index is 14.6. The average molecular weight is 475 g/mol. The van der Waals surface area contributed by atoms with Crippen LogP contribution in [0.2, 0.25) is 0 Å². The molecule has 1 saturated heterocycles. The molecule has 1 aliphatic heterocycles. The zero-order valence-corrected chi connectivity index (χ0v) is 19.3. The van der Waals surface area contributed by atoms with E-state index in [9.17, 15) is 9.18 Å². The molecular formula is C22H27FN6O3S. The van der Waals surface area contributed by atoms with E-state index in [0.717, 1.165) is 18.6 Å². The van der Waals surface area contributed by atoms with E-state index >= 15 is 0 Å². The van der Waals surface area contributed by atoms with Gasteiger partial charge in [0.25, 0.3) is 5.91 Å². The van der Waals surface area contributed by atoms with Gasteiger partial charge in [-0.1, -0.05) is 0 Å². The van der Waals surface area contributed by atoms with Gasteiger partial charge in [0.2, 0.25) is 5.95 Å². The standard InChI is InChI=1S/C22H27FN6O3S/c1-25-21(30)16-7-15(20(23)19(8-16)31-2)4-3-14-10-26-22(27-11-14)29-17(9-24)12-28-33-18-5-6-32-13-18/h7-12,18H,3-6,13,24H2,1-2H3,(H,25,30)(H,26,27,29)/b17-9+,28-12?/t18-/m0/s1. The summed E-state index contributed by atoms with van der Waals surface area (Å²) in [5.74, 6) is -0.396. The first kappa shape index (κ1) is 24.5. The molecule has 0 aliphatic carbocycles. The van der Waals surface area contributed by atoms with Gasteiger partial charge in [-0.15, -0.1) is 0 Å². The fourth-order valence-electron chi connectivity index (χ4n) is 3.10. The molecule has 2 aromatic rings. The third kappa shape index (κ3) is 6.90. The smallest absolute Gasteiger partial charge is 0.251 e. The van der Waals surface area contributed by atoms with E-state index < -0.39 is 5.82 Å². The molecule has 1 amide bonds. The summed E-state index contributed by atoms with van der Waals surface area (Å²) in [4.78, 5) is 20.5. The van der Waals surface area contributed by atoms with E-state index in [1.54, 1.807) is 18.6 Å². The number of aromatic nitrogens is 2. The second-order valence-corrected chi connectivity index (χ2v) is 8.31. The van der Waals surface area contributed by atoms with Crippen molar-refractivity contribution in [2.45, 2.75) is 24.5 Å². The summed E-state index contributed by atoms with van der Waals surface area (Å²) in [6.07, 6.45) is 8.14. The molecule has 0 radical (unpaired) electrons. The molecule has 0 unspecified atom stereocenters. The SMILES string of the molecule is CNC(=O)c1cc(CCc2cnc(N/C(C=NS[C@H]3CCOC3)=C/N)nc2)c(F)c(OC)c1. The Morgan fingerprint density at radius 3 is 2.82 bits per heavy atom. The number of hydrogen-bond acceptors (Lipinski definition) is 9. The third-order valence-electron chi connectivity index (χ3n) is 4.94. The van der Waals surface area contributed by atoms with Crippen LogP contribution in [0.15, 0.2) is 40.8 Å². The van der Waals surface area contributed by atoms with E-state index in [0.29, 0.717) is 47.5 Å². The lowest BCUT2D eigenvalue weighted by Gasteiger charge is -2.11. The number of ether oxygens (including phenoxy) is 2. The van der Waals surface area contributed by atoms with Gasteiger partial charge in [-0.25, -0.2) is 18.8 Å². The lowest BCUT2D eigenvalue weighted by molar-refractivity contribution is 0.0962. The quantitative estimate of drug-likeness (QED) is 0.354. The highest BCUT2D eigenvalue weighted by molar-refractivity contribution is 7.98. The van der Waals surface area contributed by atoms with Crippen LogP contribution in [-0.2, 0) is 17.6 Å². The molecule has 1 atom stereocenters. The summed E-state index contributed by atoms with van der Waals surface area (Å²) in [6.45, 7) is 1.47. The van der Waals surface area contributed by atoms with Gasteiger partial charge in [-0.2, -0.15) is 0 Å². The number of aryl methyl sites for hydroxylation is 2. The van der Waals surface area contributed by atoms with E-state index in [-0.39, 0.29) is 11.7 Å². The van der Waals surface area contributed by atoms with Crippen molar-refractivity contribution in [3.05, 3.63) is 58.9 Å². The van der Waals surface area contributed by atoms with Gasteiger partial charge in [-0.05, 0) is 54.5 Å². The maximum atomic E-state index is 14.6. The number of rotatable bonds is 10. The first-order valence-corrected chi connectivity index (χ1v) is 11.2. The van der Waals surface area contributed by atoms with Crippen LogP contribution >= 0.6 is 11.9 Å². The molecule has 176 valence electrons. The molecule has 4 N–H and O–H groups in total. The van der Waals surface area contributed by atoms with Crippen molar-refractivity contribution in [2.75, 3.05) is 32.7 Å². The zero-order valence-electron chi connectivity index (χ0n) is 18.5. The average Bonchev–Trinajstić information content (AvgIpc) is 3.36. The molecular weight excluding hydrogens is 447 g/mol.